The third kappa shape index (κ3) is 6.99. The van der Waals surface area contributed by atoms with Crippen molar-refractivity contribution >= 4 is 23.9 Å². The Morgan fingerprint density at radius 3 is 2.19 bits per heavy atom. The van der Waals surface area contributed by atoms with Crippen LogP contribution < -0.4 is 18.9 Å². The van der Waals surface area contributed by atoms with Gasteiger partial charge < -0.3 is 28.4 Å². The summed E-state index contributed by atoms with van der Waals surface area (Å²) in [7, 11) is 1.45. The lowest BCUT2D eigenvalue weighted by Crippen LogP contribution is -2.17. The Hall–Kier alpha value is -4.08. The first-order chi connectivity index (χ1) is 17.6. The highest BCUT2D eigenvalue weighted by molar-refractivity contribution is 5.73. The molecule has 0 spiro atoms. The molecule has 0 aliphatic carbocycles. The van der Waals surface area contributed by atoms with Gasteiger partial charge in [0, 0.05) is 32.8 Å². The van der Waals surface area contributed by atoms with Crippen molar-refractivity contribution in [2.75, 3.05) is 20.3 Å². The molecule has 0 saturated carbocycles. The maximum absolute atomic E-state index is 11.9. The van der Waals surface area contributed by atoms with Crippen molar-refractivity contribution in [1.29, 1.82) is 0 Å². The summed E-state index contributed by atoms with van der Waals surface area (Å²) in [6.07, 6.45) is -0.167. The Labute approximate surface area is 214 Å². The molecule has 3 rings (SSSR count). The molecule has 10 heteroatoms. The average Bonchev–Trinajstić information content (AvgIpc) is 3.20. The second-order valence-electron chi connectivity index (χ2n) is 8.36. The van der Waals surface area contributed by atoms with Crippen LogP contribution in [0.2, 0.25) is 0 Å². The maximum atomic E-state index is 11.9. The van der Waals surface area contributed by atoms with Crippen LogP contribution in [0.15, 0.2) is 30.3 Å². The van der Waals surface area contributed by atoms with Gasteiger partial charge in [-0.05, 0) is 42.7 Å². The molecule has 37 heavy (non-hydrogen) atoms. The summed E-state index contributed by atoms with van der Waals surface area (Å²) in [5, 5.41) is 0. The summed E-state index contributed by atoms with van der Waals surface area (Å²) in [6.45, 7) is 5.87. The predicted molar refractivity (Wildman–Crippen MR) is 130 cm³/mol. The molecule has 0 fully saturated rings. The summed E-state index contributed by atoms with van der Waals surface area (Å²) < 4.78 is 32.7. The highest BCUT2D eigenvalue weighted by Gasteiger charge is 2.39. The van der Waals surface area contributed by atoms with Gasteiger partial charge in [0.05, 0.1) is 19.6 Å². The van der Waals surface area contributed by atoms with Gasteiger partial charge in [-0.2, -0.15) is 0 Å². The topological polar surface area (TPSA) is 124 Å². The predicted octanol–water partition coefficient (Wildman–Crippen LogP) is 3.82. The smallest absolute Gasteiger partial charge is 0.308 e. The van der Waals surface area contributed by atoms with Gasteiger partial charge in [0.15, 0.2) is 23.0 Å². The normalized spacial score (nSPS) is 15.7. The Morgan fingerprint density at radius 1 is 0.865 bits per heavy atom. The van der Waals surface area contributed by atoms with Gasteiger partial charge in [0.25, 0.3) is 0 Å². The molecule has 2 aromatic carbocycles. The Balaban J connectivity index is 2.04. The molecule has 2 atom stereocenters. The van der Waals surface area contributed by atoms with E-state index in [0.717, 1.165) is 5.56 Å². The van der Waals surface area contributed by atoms with E-state index < -0.39 is 29.9 Å². The van der Waals surface area contributed by atoms with Crippen molar-refractivity contribution in [3.05, 3.63) is 47.0 Å². The molecule has 1 heterocycles. The van der Waals surface area contributed by atoms with Gasteiger partial charge in [0.1, 0.15) is 12.7 Å². The second-order valence-corrected chi connectivity index (χ2v) is 8.36. The van der Waals surface area contributed by atoms with Gasteiger partial charge in [-0.1, -0.05) is 12.1 Å². The SMILES string of the molecule is CCOC(=O)CCc1cc(OC(C)=O)c2c(c1)[C@@H](COC(C)=O)[C@H](c1ccc(OC(C)=O)c(OC)c1)O2. The molecule has 10 nitrogen and oxygen atoms in total. The van der Waals surface area contributed by atoms with Crippen molar-refractivity contribution in [2.45, 2.75) is 52.6 Å². The van der Waals surface area contributed by atoms with Crippen LogP contribution in [0.25, 0.3) is 0 Å². The number of fused-ring (bicyclic) bond motifs is 1. The van der Waals surface area contributed by atoms with Crippen LogP contribution in [0.1, 0.15) is 62.8 Å². The van der Waals surface area contributed by atoms with Gasteiger partial charge in [-0.3, -0.25) is 19.2 Å². The van der Waals surface area contributed by atoms with Crippen LogP contribution in [-0.2, 0) is 35.1 Å². The number of benzene rings is 2. The van der Waals surface area contributed by atoms with Gasteiger partial charge in [0.2, 0.25) is 0 Å². The summed E-state index contributed by atoms with van der Waals surface area (Å²) in [6, 6.07) is 8.46. The van der Waals surface area contributed by atoms with Crippen LogP contribution in [0.4, 0.5) is 0 Å². The summed E-state index contributed by atoms with van der Waals surface area (Å²) in [5.41, 5.74) is 2.04. The zero-order valence-corrected chi connectivity index (χ0v) is 21.5. The maximum Gasteiger partial charge on any atom is 0.308 e. The molecule has 0 radical (unpaired) electrons. The fraction of sp³-hybridized carbons (Fsp3) is 0.407. The highest BCUT2D eigenvalue weighted by Crippen LogP contribution is 2.52. The van der Waals surface area contributed by atoms with Crippen LogP contribution >= 0.6 is 0 Å². The fourth-order valence-corrected chi connectivity index (χ4v) is 4.10. The van der Waals surface area contributed by atoms with E-state index in [-0.39, 0.29) is 37.1 Å². The van der Waals surface area contributed by atoms with E-state index in [1.54, 1.807) is 31.2 Å². The van der Waals surface area contributed by atoms with Gasteiger partial charge >= 0.3 is 23.9 Å². The molecular weight excluding hydrogens is 484 g/mol. The monoisotopic (exact) mass is 514 g/mol. The first-order valence-corrected chi connectivity index (χ1v) is 11.8. The lowest BCUT2D eigenvalue weighted by molar-refractivity contribution is -0.143. The van der Waals surface area contributed by atoms with Crippen molar-refractivity contribution in [3.63, 3.8) is 0 Å². The molecule has 198 valence electrons. The molecule has 1 aliphatic rings. The molecular formula is C27H30O10. The number of hydrogen-bond acceptors (Lipinski definition) is 10. The van der Waals surface area contributed by atoms with Crippen molar-refractivity contribution < 1.29 is 47.6 Å². The fourth-order valence-electron chi connectivity index (χ4n) is 4.10. The zero-order chi connectivity index (χ0) is 27.1. The van der Waals surface area contributed by atoms with E-state index in [2.05, 4.69) is 0 Å². The summed E-state index contributed by atoms with van der Waals surface area (Å²) in [5.74, 6) is -1.23. The molecule has 0 unspecified atom stereocenters. The Kier molecular flexibility index (Phi) is 9.10. The first kappa shape index (κ1) is 27.5. The lowest BCUT2D eigenvalue weighted by Gasteiger charge is -2.20. The largest absolute Gasteiger partial charge is 0.493 e. The lowest BCUT2D eigenvalue weighted by atomic mass is 9.90. The standard InChI is InChI=1S/C27H30O10/c1-6-33-25(31)10-7-18-11-20-21(14-34-15(2)28)26(37-27(20)24(12-18)36-17(4)30)19-8-9-22(35-16(3)29)23(13-19)32-5/h8-9,11-13,21,26H,6-7,10,14H2,1-5H3/t21-,26+/m1/s1. The van der Waals surface area contributed by atoms with Crippen molar-refractivity contribution in [3.8, 4) is 23.0 Å². The van der Waals surface area contributed by atoms with Gasteiger partial charge in [-0.15, -0.1) is 0 Å². The molecule has 0 amide bonds. The minimum absolute atomic E-state index is 0.0120. The highest BCUT2D eigenvalue weighted by atomic mass is 16.6. The number of ether oxygens (including phenoxy) is 6. The van der Waals surface area contributed by atoms with E-state index in [9.17, 15) is 19.2 Å². The van der Waals surface area contributed by atoms with E-state index >= 15 is 0 Å². The quantitative estimate of drug-likeness (QED) is 0.341. The molecule has 0 N–H and O–H groups in total. The Bertz CT molecular complexity index is 1190. The summed E-state index contributed by atoms with van der Waals surface area (Å²) >= 11 is 0. The second kappa shape index (κ2) is 12.2. The zero-order valence-electron chi connectivity index (χ0n) is 21.5. The van der Waals surface area contributed by atoms with E-state index in [1.165, 1.54) is 27.9 Å². The number of carbonyl (C=O) groups excluding carboxylic acids is 4. The number of hydrogen-bond donors (Lipinski definition) is 0. The van der Waals surface area contributed by atoms with Crippen LogP contribution in [0.3, 0.4) is 0 Å². The Morgan fingerprint density at radius 2 is 1.57 bits per heavy atom. The number of aryl methyl sites for hydroxylation is 1. The number of esters is 4. The number of rotatable bonds is 10. The third-order valence-electron chi connectivity index (χ3n) is 5.57. The summed E-state index contributed by atoms with van der Waals surface area (Å²) in [4.78, 5) is 46.9. The molecule has 2 aromatic rings. The number of methoxy groups -OCH3 is 1. The average molecular weight is 515 g/mol. The number of carbonyl (C=O) groups is 4. The molecule has 1 aliphatic heterocycles. The van der Waals surface area contributed by atoms with Crippen LogP contribution in [0, 0.1) is 0 Å². The van der Waals surface area contributed by atoms with Crippen LogP contribution in [-0.4, -0.2) is 44.2 Å². The first-order valence-electron chi connectivity index (χ1n) is 11.8. The minimum atomic E-state index is -0.649. The molecule has 0 saturated heterocycles. The van der Waals surface area contributed by atoms with E-state index in [1.807, 2.05) is 6.07 Å². The van der Waals surface area contributed by atoms with E-state index in [0.29, 0.717) is 29.0 Å². The van der Waals surface area contributed by atoms with Gasteiger partial charge in [-0.25, -0.2) is 0 Å². The van der Waals surface area contributed by atoms with E-state index in [4.69, 9.17) is 28.4 Å². The molecule has 0 aromatic heterocycles. The van der Waals surface area contributed by atoms with Crippen LogP contribution in [0.5, 0.6) is 23.0 Å². The van der Waals surface area contributed by atoms with Crippen molar-refractivity contribution in [2.24, 2.45) is 0 Å². The minimum Gasteiger partial charge on any atom is -0.493 e. The van der Waals surface area contributed by atoms with Crippen molar-refractivity contribution in [1.82, 2.24) is 0 Å². The third-order valence-corrected chi connectivity index (χ3v) is 5.57. The molecule has 0 bridgehead atoms.